The molecule has 29 heavy (non-hydrogen) atoms. The van der Waals surface area contributed by atoms with Crippen LogP contribution in [0.5, 0.6) is 0 Å². The highest BCUT2D eigenvalue weighted by Crippen LogP contribution is 2.37. The van der Waals surface area contributed by atoms with Gasteiger partial charge in [0.1, 0.15) is 0 Å². The number of carbonyl (C=O) groups excluding carboxylic acids is 2. The quantitative estimate of drug-likeness (QED) is 0.450. The molecule has 0 saturated carbocycles. The molecule has 150 valence electrons. The second-order valence-corrected chi connectivity index (χ2v) is 7.66. The molecule has 6 heteroatoms. The van der Waals surface area contributed by atoms with Gasteiger partial charge in [-0.25, -0.2) is 4.79 Å². The maximum atomic E-state index is 13.4. The molecule has 0 atom stereocenters. The van der Waals surface area contributed by atoms with E-state index in [0.717, 1.165) is 11.1 Å². The Labute approximate surface area is 180 Å². The molecule has 4 nitrogen and oxygen atoms in total. The number of benzene rings is 2. The van der Waals surface area contributed by atoms with Crippen molar-refractivity contribution in [3.05, 3.63) is 80.0 Å². The molecule has 3 rings (SSSR count). The van der Waals surface area contributed by atoms with Crippen molar-refractivity contribution in [2.75, 3.05) is 11.5 Å². The highest BCUT2D eigenvalue weighted by atomic mass is 35.5. The molecule has 0 spiro atoms. The lowest BCUT2D eigenvalue weighted by atomic mass is 10.0. The minimum Gasteiger partial charge on any atom is -0.462 e. The highest BCUT2D eigenvalue weighted by Gasteiger charge is 2.38. The van der Waals surface area contributed by atoms with E-state index in [9.17, 15) is 9.59 Å². The molecule has 0 aliphatic carbocycles. The first-order valence-corrected chi connectivity index (χ1v) is 9.97. The van der Waals surface area contributed by atoms with Crippen LogP contribution in [0.2, 0.25) is 10.0 Å². The average molecular weight is 430 g/mol. The first-order valence-electron chi connectivity index (χ1n) is 9.21. The maximum absolute atomic E-state index is 13.4. The number of aryl methyl sites for hydroxylation is 2. The van der Waals surface area contributed by atoms with E-state index in [1.54, 1.807) is 38.1 Å². The van der Waals surface area contributed by atoms with Crippen molar-refractivity contribution < 1.29 is 14.3 Å². The Balaban J connectivity index is 2.17. The fourth-order valence-electron chi connectivity index (χ4n) is 3.23. The van der Waals surface area contributed by atoms with Gasteiger partial charge in [-0.1, -0.05) is 35.3 Å². The lowest BCUT2D eigenvalue weighted by molar-refractivity contribution is -0.138. The van der Waals surface area contributed by atoms with E-state index in [1.807, 2.05) is 32.0 Å². The molecule has 0 saturated heterocycles. The molecule has 1 aliphatic rings. The van der Waals surface area contributed by atoms with Crippen LogP contribution < -0.4 is 4.90 Å². The van der Waals surface area contributed by atoms with E-state index in [-0.39, 0.29) is 23.7 Å². The van der Waals surface area contributed by atoms with Crippen molar-refractivity contribution in [3.8, 4) is 0 Å². The van der Waals surface area contributed by atoms with Gasteiger partial charge in [-0.3, -0.25) is 9.69 Å². The Morgan fingerprint density at radius 3 is 2.41 bits per heavy atom. The molecule has 1 amide bonds. The molecule has 2 aromatic carbocycles. The van der Waals surface area contributed by atoms with Crippen molar-refractivity contribution in [1.29, 1.82) is 0 Å². The van der Waals surface area contributed by atoms with Crippen LogP contribution in [0.15, 0.2) is 53.2 Å². The third kappa shape index (κ3) is 4.09. The second-order valence-electron chi connectivity index (χ2n) is 6.81. The molecule has 1 aliphatic heterocycles. The Hall–Kier alpha value is -2.56. The Bertz CT molecular complexity index is 1070. The van der Waals surface area contributed by atoms with Gasteiger partial charge in [0.05, 0.1) is 17.8 Å². The number of hydrogen-bond donors (Lipinski definition) is 0. The fourth-order valence-corrected chi connectivity index (χ4v) is 3.69. The van der Waals surface area contributed by atoms with Gasteiger partial charge in [0, 0.05) is 21.4 Å². The summed E-state index contributed by atoms with van der Waals surface area (Å²) in [5.41, 5.74) is 4.46. The van der Waals surface area contributed by atoms with E-state index >= 15 is 0 Å². The van der Waals surface area contributed by atoms with E-state index in [2.05, 4.69) is 0 Å². The molecule has 0 unspecified atom stereocenters. The summed E-state index contributed by atoms with van der Waals surface area (Å²) in [5.74, 6) is -0.846. The largest absolute Gasteiger partial charge is 0.462 e. The maximum Gasteiger partial charge on any atom is 0.340 e. The molecule has 0 bridgehead atoms. The lowest BCUT2D eigenvalue weighted by Crippen LogP contribution is -2.24. The zero-order valence-electron chi connectivity index (χ0n) is 16.7. The second kappa shape index (κ2) is 8.44. The Morgan fingerprint density at radius 1 is 1.07 bits per heavy atom. The summed E-state index contributed by atoms with van der Waals surface area (Å²) in [6, 6.07) is 10.7. The Kier molecular flexibility index (Phi) is 6.15. The van der Waals surface area contributed by atoms with Crippen LogP contribution in [0, 0.1) is 13.8 Å². The summed E-state index contributed by atoms with van der Waals surface area (Å²) in [4.78, 5) is 27.6. The van der Waals surface area contributed by atoms with Crippen molar-refractivity contribution >= 4 is 46.8 Å². The van der Waals surface area contributed by atoms with E-state index in [4.69, 9.17) is 27.9 Å². The van der Waals surface area contributed by atoms with Gasteiger partial charge in [0.2, 0.25) is 0 Å². The van der Waals surface area contributed by atoms with Crippen LogP contribution in [0.3, 0.4) is 0 Å². The third-order valence-corrected chi connectivity index (χ3v) is 5.45. The number of hydrogen-bond acceptors (Lipinski definition) is 3. The van der Waals surface area contributed by atoms with Crippen LogP contribution in [-0.4, -0.2) is 18.5 Å². The van der Waals surface area contributed by atoms with Gasteiger partial charge in [-0.05, 0) is 74.7 Å². The number of amides is 1. The van der Waals surface area contributed by atoms with Crippen LogP contribution in [0.1, 0.15) is 30.5 Å². The monoisotopic (exact) mass is 429 g/mol. The van der Waals surface area contributed by atoms with E-state index in [1.165, 1.54) is 4.90 Å². The summed E-state index contributed by atoms with van der Waals surface area (Å²) in [5, 5.41) is 0.882. The normalized spacial score (nSPS) is 15.4. The summed E-state index contributed by atoms with van der Waals surface area (Å²) in [7, 11) is 0. The van der Waals surface area contributed by atoms with Crippen LogP contribution in [-0.2, 0) is 14.3 Å². The fraction of sp³-hybridized carbons (Fsp3) is 0.217. The van der Waals surface area contributed by atoms with Gasteiger partial charge in [0.25, 0.3) is 5.91 Å². The Morgan fingerprint density at radius 2 is 1.79 bits per heavy atom. The summed E-state index contributed by atoms with van der Waals surface area (Å²) in [6.45, 7) is 7.66. The molecule has 1 heterocycles. The zero-order chi connectivity index (χ0) is 21.3. The molecular weight excluding hydrogens is 409 g/mol. The topological polar surface area (TPSA) is 46.6 Å². The van der Waals surface area contributed by atoms with Gasteiger partial charge in [0.15, 0.2) is 0 Å². The molecule has 0 N–H and O–H groups in total. The molecule has 0 aromatic heterocycles. The molecule has 0 fully saturated rings. The lowest BCUT2D eigenvalue weighted by Gasteiger charge is -2.19. The smallest absolute Gasteiger partial charge is 0.340 e. The number of anilines is 1. The summed E-state index contributed by atoms with van der Waals surface area (Å²) >= 11 is 12.3. The van der Waals surface area contributed by atoms with Crippen molar-refractivity contribution in [2.24, 2.45) is 0 Å². The zero-order valence-corrected chi connectivity index (χ0v) is 18.2. The highest BCUT2D eigenvalue weighted by molar-refractivity contribution is 6.36. The van der Waals surface area contributed by atoms with Crippen LogP contribution in [0.4, 0.5) is 5.69 Å². The number of allylic oxidation sites excluding steroid dienone is 1. The first kappa shape index (κ1) is 21.2. The predicted molar refractivity (Wildman–Crippen MR) is 117 cm³/mol. The number of ether oxygens (including phenoxy) is 1. The standard InChI is InChI=1S/C23H21Cl2NO3/c1-5-29-23(28)21-15(4)26(18-9-6-13(2)14(3)10-18)22(27)19(21)11-16-7-8-17(24)12-20(16)25/h6-12H,5H2,1-4H3/b19-11-. The molecule has 0 radical (unpaired) electrons. The number of carbonyl (C=O) groups is 2. The van der Waals surface area contributed by atoms with Gasteiger partial charge in [-0.2, -0.15) is 0 Å². The van der Waals surface area contributed by atoms with Crippen molar-refractivity contribution in [2.45, 2.75) is 27.7 Å². The SMILES string of the molecule is CCOC(=O)C1=C(C)N(c2ccc(C)c(C)c2)C(=O)/C1=C\c1ccc(Cl)cc1Cl. The van der Waals surface area contributed by atoms with E-state index < -0.39 is 5.97 Å². The molecule has 2 aromatic rings. The minimum atomic E-state index is -0.541. The first-order chi connectivity index (χ1) is 13.7. The third-order valence-electron chi connectivity index (χ3n) is 4.89. The average Bonchev–Trinajstić information content (AvgIpc) is 2.90. The van der Waals surface area contributed by atoms with Crippen LogP contribution in [0.25, 0.3) is 6.08 Å². The van der Waals surface area contributed by atoms with Crippen LogP contribution >= 0.6 is 23.2 Å². The number of nitrogens with zero attached hydrogens (tertiary/aromatic N) is 1. The number of rotatable bonds is 4. The minimum absolute atomic E-state index is 0.211. The molecular formula is C23H21Cl2NO3. The van der Waals surface area contributed by atoms with Gasteiger partial charge < -0.3 is 4.74 Å². The van der Waals surface area contributed by atoms with Gasteiger partial charge in [-0.15, -0.1) is 0 Å². The summed E-state index contributed by atoms with van der Waals surface area (Å²) < 4.78 is 5.22. The van der Waals surface area contributed by atoms with Gasteiger partial charge >= 0.3 is 5.97 Å². The number of halogens is 2. The van der Waals surface area contributed by atoms with E-state index in [0.29, 0.717) is 27.0 Å². The van der Waals surface area contributed by atoms with Crippen molar-refractivity contribution in [1.82, 2.24) is 0 Å². The van der Waals surface area contributed by atoms with Crippen molar-refractivity contribution in [3.63, 3.8) is 0 Å². The summed E-state index contributed by atoms with van der Waals surface area (Å²) in [6.07, 6.45) is 1.61. The number of esters is 1. The predicted octanol–water partition coefficient (Wildman–Crippen LogP) is 5.88.